The van der Waals surface area contributed by atoms with Crippen LogP contribution >= 0.6 is 0 Å². The average Bonchev–Trinajstić information content (AvgIpc) is 2.85. The highest BCUT2D eigenvalue weighted by atomic mass is 15.3. The van der Waals surface area contributed by atoms with Crippen LogP contribution in [0.15, 0.2) is 12.4 Å². The maximum Gasteiger partial charge on any atom is 0.0687 e. The fourth-order valence-corrected chi connectivity index (χ4v) is 2.15. The second kappa shape index (κ2) is 3.83. The maximum atomic E-state index is 8.97. The largest absolute Gasteiger partial charge is 0.268 e. The zero-order valence-corrected chi connectivity index (χ0v) is 8.48. The van der Waals surface area contributed by atoms with E-state index in [-0.39, 0.29) is 5.92 Å². The molecule has 14 heavy (non-hydrogen) atoms. The smallest absolute Gasteiger partial charge is 0.0687 e. The molecule has 1 aromatic rings. The van der Waals surface area contributed by atoms with Gasteiger partial charge in [-0.05, 0) is 31.2 Å². The summed E-state index contributed by atoms with van der Waals surface area (Å²) >= 11 is 0. The summed E-state index contributed by atoms with van der Waals surface area (Å²) in [5, 5.41) is 13.3. The van der Waals surface area contributed by atoms with Gasteiger partial charge >= 0.3 is 0 Å². The molecule has 74 valence electrons. The fraction of sp³-hybridized carbons (Fsp3) is 0.636. The van der Waals surface area contributed by atoms with Crippen molar-refractivity contribution in [2.75, 3.05) is 0 Å². The number of hydrogen-bond acceptors (Lipinski definition) is 2. The second-order valence-corrected chi connectivity index (χ2v) is 3.92. The maximum absolute atomic E-state index is 8.97. The van der Waals surface area contributed by atoms with Crippen LogP contribution < -0.4 is 0 Å². The van der Waals surface area contributed by atoms with Crippen molar-refractivity contribution in [2.24, 2.45) is 5.92 Å². The molecule has 1 aliphatic carbocycles. The molecule has 2 unspecified atom stereocenters. The molecule has 1 aromatic heterocycles. The molecule has 1 saturated carbocycles. The molecule has 0 N–H and O–H groups in total. The molecule has 0 amide bonds. The molecule has 3 heteroatoms. The normalized spacial score (nSPS) is 26.3. The molecule has 1 heterocycles. The van der Waals surface area contributed by atoms with E-state index >= 15 is 0 Å². The van der Waals surface area contributed by atoms with Gasteiger partial charge in [-0.1, -0.05) is 6.92 Å². The van der Waals surface area contributed by atoms with Gasteiger partial charge in [0.05, 0.1) is 24.2 Å². The first-order valence-electron chi connectivity index (χ1n) is 5.27. The van der Waals surface area contributed by atoms with Crippen LogP contribution in [0.4, 0.5) is 0 Å². The topological polar surface area (TPSA) is 41.6 Å². The Balaban J connectivity index is 2.18. The van der Waals surface area contributed by atoms with Gasteiger partial charge in [0.15, 0.2) is 0 Å². The second-order valence-electron chi connectivity index (χ2n) is 3.92. The highest BCUT2D eigenvalue weighted by Gasteiger charge is 2.28. The first kappa shape index (κ1) is 9.26. The Bertz CT molecular complexity index is 348. The molecular formula is C11H15N3. The van der Waals surface area contributed by atoms with Crippen molar-refractivity contribution in [3.8, 4) is 6.07 Å². The number of aromatic nitrogens is 2. The SMILES string of the molecule is CCc1cnn(C2CCCC2C#N)c1. The van der Waals surface area contributed by atoms with Crippen molar-refractivity contribution < 1.29 is 0 Å². The lowest BCUT2D eigenvalue weighted by molar-refractivity contribution is 0.409. The number of aryl methyl sites for hydroxylation is 1. The van der Waals surface area contributed by atoms with E-state index in [2.05, 4.69) is 24.3 Å². The van der Waals surface area contributed by atoms with Crippen LogP contribution in [0.1, 0.15) is 37.8 Å². The Hall–Kier alpha value is -1.30. The zero-order chi connectivity index (χ0) is 9.97. The van der Waals surface area contributed by atoms with Gasteiger partial charge in [0, 0.05) is 6.20 Å². The monoisotopic (exact) mass is 189 g/mol. The zero-order valence-electron chi connectivity index (χ0n) is 8.48. The summed E-state index contributed by atoms with van der Waals surface area (Å²) in [4.78, 5) is 0. The number of nitriles is 1. The molecular weight excluding hydrogens is 174 g/mol. The van der Waals surface area contributed by atoms with Crippen molar-refractivity contribution in [2.45, 2.75) is 38.6 Å². The molecule has 2 rings (SSSR count). The van der Waals surface area contributed by atoms with Crippen LogP contribution in [0.2, 0.25) is 0 Å². The van der Waals surface area contributed by atoms with E-state index in [1.807, 2.05) is 10.9 Å². The number of hydrogen-bond donors (Lipinski definition) is 0. The molecule has 0 radical (unpaired) electrons. The average molecular weight is 189 g/mol. The van der Waals surface area contributed by atoms with Gasteiger partial charge in [-0.3, -0.25) is 4.68 Å². The van der Waals surface area contributed by atoms with E-state index < -0.39 is 0 Å². The third-order valence-electron chi connectivity index (χ3n) is 3.05. The van der Waals surface area contributed by atoms with Crippen molar-refractivity contribution in [3.05, 3.63) is 18.0 Å². The summed E-state index contributed by atoms with van der Waals surface area (Å²) in [6, 6.07) is 2.70. The molecule has 1 fully saturated rings. The molecule has 3 nitrogen and oxygen atoms in total. The van der Waals surface area contributed by atoms with Crippen molar-refractivity contribution in [1.82, 2.24) is 9.78 Å². The predicted molar refractivity (Wildman–Crippen MR) is 53.6 cm³/mol. The van der Waals surface area contributed by atoms with E-state index in [1.54, 1.807) is 0 Å². The first-order valence-corrected chi connectivity index (χ1v) is 5.27. The summed E-state index contributed by atoms with van der Waals surface area (Å²) in [7, 11) is 0. The van der Waals surface area contributed by atoms with Crippen LogP contribution in [-0.2, 0) is 6.42 Å². The molecule has 1 aliphatic rings. The van der Waals surface area contributed by atoms with Crippen molar-refractivity contribution in [3.63, 3.8) is 0 Å². The number of rotatable bonds is 2. The van der Waals surface area contributed by atoms with Gasteiger partial charge in [0.1, 0.15) is 0 Å². The Labute approximate surface area is 84.3 Å². The molecule has 0 spiro atoms. The molecule has 0 bridgehead atoms. The molecule has 0 aliphatic heterocycles. The summed E-state index contributed by atoms with van der Waals surface area (Å²) < 4.78 is 1.99. The summed E-state index contributed by atoms with van der Waals surface area (Å²) in [6.45, 7) is 2.12. The lowest BCUT2D eigenvalue weighted by Gasteiger charge is -2.13. The van der Waals surface area contributed by atoms with E-state index in [0.29, 0.717) is 6.04 Å². The van der Waals surface area contributed by atoms with Crippen LogP contribution in [0, 0.1) is 17.2 Å². The first-order chi connectivity index (χ1) is 6.85. The van der Waals surface area contributed by atoms with E-state index in [0.717, 1.165) is 25.7 Å². The van der Waals surface area contributed by atoms with Gasteiger partial charge in [-0.15, -0.1) is 0 Å². The number of nitrogens with zero attached hydrogens (tertiary/aromatic N) is 3. The Kier molecular flexibility index (Phi) is 2.53. The molecule has 2 atom stereocenters. The van der Waals surface area contributed by atoms with Crippen molar-refractivity contribution in [1.29, 1.82) is 5.26 Å². The van der Waals surface area contributed by atoms with E-state index in [9.17, 15) is 0 Å². The minimum atomic E-state index is 0.166. The third-order valence-corrected chi connectivity index (χ3v) is 3.05. The van der Waals surface area contributed by atoms with Gasteiger partial charge in [0.25, 0.3) is 0 Å². The molecule has 0 saturated heterocycles. The van der Waals surface area contributed by atoms with E-state index in [1.165, 1.54) is 5.56 Å². The Morgan fingerprint density at radius 2 is 2.50 bits per heavy atom. The fourth-order valence-electron chi connectivity index (χ4n) is 2.15. The summed E-state index contributed by atoms with van der Waals surface area (Å²) in [6.07, 6.45) is 8.30. The Morgan fingerprint density at radius 1 is 1.64 bits per heavy atom. The van der Waals surface area contributed by atoms with Gasteiger partial charge in [-0.25, -0.2) is 0 Å². The van der Waals surface area contributed by atoms with Crippen molar-refractivity contribution >= 4 is 0 Å². The lowest BCUT2D eigenvalue weighted by Crippen LogP contribution is -2.12. The third kappa shape index (κ3) is 1.52. The van der Waals surface area contributed by atoms with Crippen LogP contribution in [0.3, 0.4) is 0 Å². The summed E-state index contributed by atoms with van der Waals surface area (Å²) in [5.74, 6) is 0.166. The van der Waals surface area contributed by atoms with E-state index in [4.69, 9.17) is 5.26 Å². The minimum absolute atomic E-state index is 0.166. The predicted octanol–water partition coefficient (Wildman–Crippen LogP) is 2.31. The van der Waals surface area contributed by atoms with Crippen LogP contribution in [-0.4, -0.2) is 9.78 Å². The highest BCUT2D eigenvalue weighted by molar-refractivity contribution is 5.06. The van der Waals surface area contributed by atoms with Crippen LogP contribution in [0.5, 0.6) is 0 Å². The van der Waals surface area contributed by atoms with Gasteiger partial charge in [0.2, 0.25) is 0 Å². The molecule has 0 aromatic carbocycles. The van der Waals surface area contributed by atoms with Gasteiger partial charge in [-0.2, -0.15) is 10.4 Å². The lowest BCUT2D eigenvalue weighted by atomic mass is 10.1. The van der Waals surface area contributed by atoms with Crippen LogP contribution in [0.25, 0.3) is 0 Å². The van der Waals surface area contributed by atoms with Gasteiger partial charge < -0.3 is 0 Å². The minimum Gasteiger partial charge on any atom is -0.268 e. The highest BCUT2D eigenvalue weighted by Crippen LogP contribution is 2.34. The Morgan fingerprint density at radius 3 is 3.14 bits per heavy atom. The summed E-state index contributed by atoms with van der Waals surface area (Å²) in [5.41, 5.74) is 1.26. The quantitative estimate of drug-likeness (QED) is 0.716. The standard InChI is InChI=1S/C11H15N3/c1-2-9-7-13-14(8-9)11-5-3-4-10(11)6-12/h7-8,10-11H,2-5H2,1H3.